The second-order valence-electron chi connectivity index (χ2n) is 3.29. The smallest absolute Gasteiger partial charge is 0.236 e. The first-order valence-electron chi connectivity index (χ1n) is 5.17. The van der Waals surface area contributed by atoms with Gasteiger partial charge in [-0.25, -0.2) is 8.42 Å². The maximum atomic E-state index is 12.0. The first-order chi connectivity index (χ1) is 7.61. The highest BCUT2D eigenvalue weighted by molar-refractivity contribution is 7.92. The summed E-state index contributed by atoms with van der Waals surface area (Å²) in [7, 11) is -1.51. The molecule has 0 aromatic carbocycles. The lowest BCUT2D eigenvalue weighted by Gasteiger charge is -2.22. The molecule has 0 aliphatic heterocycles. The molecule has 16 heavy (non-hydrogen) atoms. The minimum absolute atomic E-state index is 0.0969. The largest absolute Gasteiger partial charge is 0.319 e. The molecule has 1 N–H and O–H groups in total. The van der Waals surface area contributed by atoms with Gasteiger partial charge in [-0.05, 0) is 26.1 Å². The minimum atomic E-state index is -3.24. The third-order valence-electron chi connectivity index (χ3n) is 2.18. The Kier molecular flexibility index (Phi) is 4.70. The number of hydrogen-bond acceptors (Lipinski definition) is 4. The molecule has 1 rings (SSSR count). The van der Waals surface area contributed by atoms with E-state index in [0.717, 1.165) is 0 Å². The number of hydrogen-bond donors (Lipinski definition) is 1. The molecular formula is C10H17N3O2S. The van der Waals surface area contributed by atoms with Crippen LogP contribution in [-0.2, 0) is 10.0 Å². The third kappa shape index (κ3) is 3.18. The van der Waals surface area contributed by atoms with Crippen molar-refractivity contribution in [3.05, 3.63) is 24.5 Å². The van der Waals surface area contributed by atoms with Crippen molar-refractivity contribution in [3.8, 4) is 0 Å². The van der Waals surface area contributed by atoms with E-state index in [1.807, 2.05) is 6.92 Å². The van der Waals surface area contributed by atoms with Crippen molar-refractivity contribution in [2.75, 3.05) is 30.2 Å². The summed E-state index contributed by atoms with van der Waals surface area (Å²) in [6.45, 7) is 2.69. The van der Waals surface area contributed by atoms with Crippen LogP contribution in [0.15, 0.2) is 24.5 Å². The molecule has 5 nitrogen and oxygen atoms in total. The minimum Gasteiger partial charge on any atom is -0.319 e. The summed E-state index contributed by atoms with van der Waals surface area (Å²) < 4.78 is 25.4. The Balaban J connectivity index is 2.90. The molecule has 0 spiro atoms. The van der Waals surface area contributed by atoms with Gasteiger partial charge in [-0.2, -0.15) is 0 Å². The molecule has 1 aromatic heterocycles. The van der Waals surface area contributed by atoms with Crippen LogP contribution in [0.5, 0.6) is 0 Å². The Bertz CT molecular complexity index is 405. The van der Waals surface area contributed by atoms with Gasteiger partial charge in [-0.1, -0.05) is 0 Å². The number of pyridine rings is 1. The van der Waals surface area contributed by atoms with Crippen molar-refractivity contribution in [3.63, 3.8) is 0 Å². The van der Waals surface area contributed by atoms with Crippen molar-refractivity contribution in [2.24, 2.45) is 0 Å². The van der Waals surface area contributed by atoms with Gasteiger partial charge in [0.15, 0.2) is 0 Å². The summed E-state index contributed by atoms with van der Waals surface area (Å²) in [5.74, 6) is 0.0969. The Morgan fingerprint density at radius 1 is 1.38 bits per heavy atom. The fourth-order valence-corrected chi connectivity index (χ4v) is 2.91. The standard InChI is InChI=1S/C10H17N3O2S/c1-3-13(10-4-6-12-7-5-10)16(14,15)9-8-11-2/h4-7,11H,3,8-9H2,1-2H3. The number of anilines is 1. The van der Waals surface area contributed by atoms with E-state index in [9.17, 15) is 8.42 Å². The fourth-order valence-electron chi connectivity index (χ4n) is 1.39. The molecule has 0 atom stereocenters. The lowest BCUT2D eigenvalue weighted by atomic mass is 10.4. The lowest BCUT2D eigenvalue weighted by Crippen LogP contribution is -2.35. The first-order valence-corrected chi connectivity index (χ1v) is 6.77. The monoisotopic (exact) mass is 243 g/mol. The molecule has 90 valence electrons. The Morgan fingerprint density at radius 2 is 2.00 bits per heavy atom. The molecule has 0 fully saturated rings. The van der Waals surface area contributed by atoms with Crippen LogP contribution >= 0.6 is 0 Å². The highest BCUT2D eigenvalue weighted by atomic mass is 32.2. The summed E-state index contributed by atoms with van der Waals surface area (Å²) in [5, 5.41) is 2.84. The first kappa shape index (κ1) is 12.9. The van der Waals surface area contributed by atoms with Gasteiger partial charge in [0.25, 0.3) is 0 Å². The van der Waals surface area contributed by atoms with E-state index in [1.165, 1.54) is 4.31 Å². The van der Waals surface area contributed by atoms with Gasteiger partial charge in [-0.15, -0.1) is 0 Å². The molecule has 6 heteroatoms. The van der Waals surface area contributed by atoms with Crippen molar-refractivity contribution >= 4 is 15.7 Å². The van der Waals surface area contributed by atoms with Crippen molar-refractivity contribution in [1.82, 2.24) is 10.3 Å². The molecule has 0 bridgehead atoms. The van der Waals surface area contributed by atoms with Crippen LogP contribution < -0.4 is 9.62 Å². The topological polar surface area (TPSA) is 62.3 Å². The highest BCUT2D eigenvalue weighted by Gasteiger charge is 2.19. The van der Waals surface area contributed by atoms with Crippen LogP contribution in [0, 0.1) is 0 Å². The van der Waals surface area contributed by atoms with Crippen molar-refractivity contribution < 1.29 is 8.42 Å². The zero-order valence-electron chi connectivity index (χ0n) is 9.55. The lowest BCUT2D eigenvalue weighted by molar-refractivity contribution is 0.589. The molecule has 0 saturated heterocycles. The van der Waals surface area contributed by atoms with E-state index < -0.39 is 10.0 Å². The zero-order chi connectivity index (χ0) is 12.0. The molecular weight excluding hydrogens is 226 g/mol. The normalized spacial score (nSPS) is 11.4. The number of rotatable bonds is 6. The van der Waals surface area contributed by atoms with Gasteiger partial charge < -0.3 is 5.32 Å². The zero-order valence-corrected chi connectivity index (χ0v) is 10.4. The number of nitrogens with one attached hydrogen (secondary N) is 1. The van der Waals surface area contributed by atoms with Crippen LogP contribution in [-0.4, -0.2) is 39.3 Å². The van der Waals surface area contributed by atoms with Gasteiger partial charge >= 0.3 is 0 Å². The molecule has 1 aromatic rings. The van der Waals surface area contributed by atoms with Crippen LogP contribution in [0.4, 0.5) is 5.69 Å². The van der Waals surface area contributed by atoms with Gasteiger partial charge in [0.1, 0.15) is 0 Å². The molecule has 1 heterocycles. The summed E-state index contributed by atoms with van der Waals surface area (Å²) in [6.07, 6.45) is 3.18. The van der Waals surface area contributed by atoms with Crippen LogP contribution in [0.3, 0.4) is 0 Å². The van der Waals surface area contributed by atoms with Crippen molar-refractivity contribution in [2.45, 2.75) is 6.92 Å². The van der Waals surface area contributed by atoms with Gasteiger partial charge in [-0.3, -0.25) is 9.29 Å². The quantitative estimate of drug-likeness (QED) is 0.788. The molecule has 0 aliphatic carbocycles. The fraction of sp³-hybridized carbons (Fsp3) is 0.500. The molecule has 0 saturated carbocycles. The second kappa shape index (κ2) is 5.81. The predicted molar refractivity (Wildman–Crippen MR) is 65.0 cm³/mol. The van der Waals surface area contributed by atoms with Crippen LogP contribution in [0.25, 0.3) is 0 Å². The number of nitrogens with zero attached hydrogens (tertiary/aromatic N) is 2. The summed E-state index contributed by atoms with van der Waals surface area (Å²) in [5.41, 5.74) is 0.661. The van der Waals surface area contributed by atoms with Gasteiger partial charge in [0, 0.05) is 25.5 Å². The van der Waals surface area contributed by atoms with Crippen LogP contribution in [0.1, 0.15) is 6.92 Å². The van der Waals surface area contributed by atoms with Crippen LogP contribution in [0.2, 0.25) is 0 Å². The van der Waals surface area contributed by atoms with Crippen molar-refractivity contribution in [1.29, 1.82) is 0 Å². The molecule has 0 radical (unpaired) electrons. The third-order valence-corrected chi connectivity index (χ3v) is 4.04. The Labute approximate surface area is 96.5 Å². The van der Waals surface area contributed by atoms with E-state index in [1.54, 1.807) is 31.6 Å². The van der Waals surface area contributed by atoms with E-state index in [0.29, 0.717) is 18.8 Å². The summed E-state index contributed by atoms with van der Waals surface area (Å²) in [4.78, 5) is 3.87. The second-order valence-corrected chi connectivity index (χ2v) is 5.30. The Hall–Kier alpha value is -1.14. The predicted octanol–water partition coefficient (Wildman–Crippen LogP) is 0.457. The van der Waals surface area contributed by atoms with Gasteiger partial charge in [0.2, 0.25) is 10.0 Å². The SMILES string of the molecule is CCN(c1ccncc1)S(=O)(=O)CCNC. The van der Waals surface area contributed by atoms with E-state index >= 15 is 0 Å². The number of aromatic nitrogens is 1. The maximum Gasteiger partial charge on any atom is 0.236 e. The Morgan fingerprint density at radius 3 is 2.50 bits per heavy atom. The average Bonchev–Trinajstić information content (AvgIpc) is 2.28. The summed E-state index contributed by atoms with van der Waals surface area (Å²) in [6, 6.07) is 3.39. The highest BCUT2D eigenvalue weighted by Crippen LogP contribution is 2.16. The molecule has 0 unspecified atom stereocenters. The summed E-state index contributed by atoms with van der Waals surface area (Å²) >= 11 is 0. The van der Waals surface area contributed by atoms with E-state index in [4.69, 9.17) is 0 Å². The van der Waals surface area contributed by atoms with E-state index in [2.05, 4.69) is 10.3 Å². The maximum absolute atomic E-state index is 12.0. The van der Waals surface area contributed by atoms with E-state index in [-0.39, 0.29) is 5.75 Å². The van der Waals surface area contributed by atoms with Gasteiger partial charge in [0.05, 0.1) is 11.4 Å². The molecule has 0 aliphatic rings. The number of sulfonamides is 1. The molecule has 0 amide bonds. The average molecular weight is 243 g/mol.